The molecule has 0 bridgehead atoms. The van der Waals surface area contributed by atoms with Crippen molar-refractivity contribution in [3.8, 4) is 0 Å². The van der Waals surface area contributed by atoms with Crippen molar-refractivity contribution in [1.29, 1.82) is 0 Å². The molecular formula is C20H30F2O5. The number of rotatable bonds is 10. The normalized spacial score (nSPS) is 31.4. The van der Waals surface area contributed by atoms with Gasteiger partial charge in [-0.25, -0.2) is 8.78 Å². The fraction of sp³-hybridized carbons (Fsp3) is 0.800. The van der Waals surface area contributed by atoms with Crippen LogP contribution in [0.2, 0.25) is 0 Å². The number of halogens is 2. The zero-order valence-corrected chi connectivity index (χ0v) is 15.8. The first kappa shape index (κ1) is 22.0. The van der Waals surface area contributed by atoms with E-state index in [4.69, 9.17) is 9.84 Å². The number of hydrogen-bond donors (Lipinski definition) is 2. The average molecular weight is 388 g/mol. The Morgan fingerprint density at radius 2 is 2.11 bits per heavy atom. The zero-order chi connectivity index (χ0) is 20.1. The van der Waals surface area contributed by atoms with Crippen LogP contribution in [0.3, 0.4) is 0 Å². The van der Waals surface area contributed by atoms with Crippen LogP contribution in [-0.4, -0.2) is 39.8 Å². The topological polar surface area (TPSA) is 83.8 Å². The Balaban J connectivity index is 1.90. The van der Waals surface area contributed by atoms with Crippen LogP contribution in [0.4, 0.5) is 8.78 Å². The first-order valence-electron chi connectivity index (χ1n) is 9.87. The highest BCUT2D eigenvalue weighted by atomic mass is 19.3. The molecule has 5 nitrogen and oxygen atoms in total. The number of carboxylic acids is 1. The number of Topliss-reactive ketones (excluding diaryl/α,β-unsaturated/α-hetero) is 1. The van der Waals surface area contributed by atoms with Crippen LogP contribution in [0.15, 0.2) is 12.2 Å². The molecule has 1 aliphatic carbocycles. The first-order chi connectivity index (χ1) is 12.7. The van der Waals surface area contributed by atoms with E-state index in [1.165, 1.54) is 0 Å². The number of carbonyl (C=O) groups excluding carboxylic acids is 1. The van der Waals surface area contributed by atoms with Crippen LogP contribution in [0.1, 0.15) is 71.1 Å². The largest absolute Gasteiger partial charge is 0.481 e. The molecule has 1 saturated heterocycles. The molecule has 7 heteroatoms. The van der Waals surface area contributed by atoms with Crippen molar-refractivity contribution < 1.29 is 33.3 Å². The van der Waals surface area contributed by atoms with Crippen LogP contribution in [0, 0.1) is 11.8 Å². The van der Waals surface area contributed by atoms with E-state index in [1.54, 1.807) is 0 Å². The van der Waals surface area contributed by atoms with Crippen molar-refractivity contribution in [2.75, 3.05) is 0 Å². The summed E-state index contributed by atoms with van der Waals surface area (Å²) in [7, 11) is 0. The number of ketones is 1. The molecule has 4 unspecified atom stereocenters. The predicted octanol–water partition coefficient (Wildman–Crippen LogP) is 4.09. The van der Waals surface area contributed by atoms with Gasteiger partial charge in [-0.3, -0.25) is 9.59 Å². The highest BCUT2D eigenvalue weighted by Crippen LogP contribution is 2.49. The van der Waals surface area contributed by atoms with Gasteiger partial charge in [0.1, 0.15) is 5.78 Å². The van der Waals surface area contributed by atoms with Gasteiger partial charge in [0.25, 0.3) is 0 Å². The summed E-state index contributed by atoms with van der Waals surface area (Å²) >= 11 is 0. The molecule has 2 aliphatic rings. The number of aliphatic hydroxyl groups is 1. The number of allylic oxidation sites excluding steroid dienone is 2. The third-order valence-electron chi connectivity index (χ3n) is 5.71. The minimum atomic E-state index is -3.32. The zero-order valence-electron chi connectivity index (χ0n) is 15.8. The quantitative estimate of drug-likeness (QED) is 0.435. The Bertz CT molecular complexity index is 563. The summed E-state index contributed by atoms with van der Waals surface area (Å²) in [5.74, 6) is -7.08. The van der Waals surface area contributed by atoms with Gasteiger partial charge in [-0.05, 0) is 38.0 Å². The molecule has 2 N–H and O–H groups in total. The van der Waals surface area contributed by atoms with Crippen molar-refractivity contribution in [3.63, 3.8) is 0 Å². The molecular weight excluding hydrogens is 358 g/mol. The van der Waals surface area contributed by atoms with Crippen LogP contribution in [0.5, 0.6) is 0 Å². The maximum atomic E-state index is 14.4. The van der Waals surface area contributed by atoms with E-state index in [9.17, 15) is 23.5 Å². The van der Waals surface area contributed by atoms with E-state index in [0.29, 0.717) is 38.5 Å². The lowest BCUT2D eigenvalue weighted by Gasteiger charge is -2.43. The van der Waals surface area contributed by atoms with Gasteiger partial charge < -0.3 is 14.9 Å². The molecule has 0 aromatic rings. The van der Waals surface area contributed by atoms with Gasteiger partial charge in [-0.15, -0.1) is 0 Å². The Kier molecular flexibility index (Phi) is 7.51. The number of hydrogen-bond acceptors (Lipinski definition) is 4. The van der Waals surface area contributed by atoms with Crippen LogP contribution >= 0.6 is 0 Å². The summed E-state index contributed by atoms with van der Waals surface area (Å²) in [6.07, 6.45) is 5.57. The second-order valence-corrected chi connectivity index (χ2v) is 7.72. The third-order valence-corrected chi connectivity index (χ3v) is 5.71. The lowest BCUT2D eigenvalue weighted by molar-refractivity contribution is -0.356. The minimum absolute atomic E-state index is 0.0127. The molecule has 1 saturated carbocycles. The van der Waals surface area contributed by atoms with Gasteiger partial charge >= 0.3 is 11.9 Å². The van der Waals surface area contributed by atoms with E-state index < -0.39 is 30.2 Å². The minimum Gasteiger partial charge on any atom is -0.481 e. The second kappa shape index (κ2) is 9.24. The number of alkyl halides is 2. The summed E-state index contributed by atoms with van der Waals surface area (Å²) in [5.41, 5.74) is 0. The van der Waals surface area contributed by atoms with Crippen LogP contribution in [-0.2, 0) is 14.3 Å². The maximum Gasteiger partial charge on any atom is 0.303 e. The lowest BCUT2D eigenvalue weighted by atomic mass is 9.82. The second-order valence-electron chi connectivity index (χ2n) is 7.72. The van der Waals surface area contributed by atoms with Crippen LogP contribution in [0.25, 0.3) is 0 Å². The van der Waals surface area contributed by atoms with Gasteiger partial charge in [-0.2, -0.15) is 0 Å². The summed E-state index contributed by atoms with van der Waals surface area (Å²) in [6.45, 7) is 1.81. The average Bonchev–Trinajstić information content (AvgIpc) is 2.90. The molecule has 0 aromatic carbocycles. The molecule has 0 radical (unpaired) electrons. The van der Waals surface area contributed by atoms with Crippen molar-refractivity contribution in [2.45, 2.75) is 88.9 Å². The summed E-state index contributed by atoms with van der Waals surface area (Å²) < 4.78 is 34.2. The van der Waals surface area contributed by atoms with E-state index in [0.717, 1.165) is 0 Å². The molecule has 27 heavy (non-hydrogen) atoms. The van der Waals surface area contributed by atoms with Crippen molar-refractivity contribution >= 4 is 11.8 Å². The highest BCUT2D eigenvalue weighted by molar-refractivity contribution is 5.84. The summed E-state index contributed by atoms with van der Waals surface area (Å²) in [5, 5.41) is 19.0. The van der Waals surface area contributed by atoms with E-state index in [2.05, 4.69) is 0 Å². The molecule has 1 heterocycles. The smallest absolute Gasteiger partial charge is 0.303 e. The number of unbranched alkanes of at least 4 members (excludes halogenated alkanes) is 2. The molecule has 2 fully saturated rings. The van der Waals surface area contributed by atoms with Gasteiger partial charge in [-0.1, -0.05) is 25.5 Å². The Hall–Kier alpha value is -1.34. The Morgan fingerprint density at radius 1 is 1.37 bits per heavy atom. The Morgan fingerprint density at radius 3 is 2.78 bits per heavy atom. The molecule has 0 aromatic heterocycles. The van der Waals surface area contributed by atoms with Crippen LogP contribution < -0.4 is 0 Å². The van der Waals surface area contributed by atoms with E-state index in [1.807, 2.05) is 19.1 Å². The molecule has 4 atom stereocenters. The van der Waals surface area contributed by atoms with Gasteiger partial charge in [0, 0.05) is 31.6 Å². The molecule has 2 rings (SSSR count). The monoisotopic (exact) mass is 388 g/mol. The number of ether oxygens (including phenoxy) is 1. The van der Waals surface area contributed by atoms with Crippen molar-refractivity contribution in [2.24, 2.45) is 11.8 Å². The van der Waals surface area contributed by atoms with Gasteiger partial charge in [0.2, 0.25) is 5.79 Å². The fourth-order valence-electron chi connectivity index (χ4n) is 4.09. The summed E-state index contributed by atoms with van der Waals surface area (Å²) in [6, 6.07) is 0. The molecule has 0 amide bonds. The Labute approximate surface area is 158 Å². The van der Waals surface area contributed by atoms with Crippen molar-refractivity contribution in [1.82, 2.24) is 0 Å². The first-order valence-corrected chi connectivity index (χ1v) is 9.87. The SMILES string of the molecule is CCCCC(F)(F)C1(O)CCC2C(CC(=O)C2C/C=C/CCCC(=O)O)O1. The number of fused-ring (bicyclic) bond motifs is 1. The molecule has 154 valence electrons. The standard InChI is InChI=1S/C20H30F2O5/c1-2-3-11-19(21,22)20(26)12-10-15-14(16(23)13-17(15)27-20)8-6-4-5-7-9-18(24)25/h4,6,14-15,17,26H,2-3,5,7-13H2,1H3,(H,24,25)/b6-4+. The fourth-order valence-corrected chi connectivity index (χ4v) is 4.09. The summed E-state index contributed by atoms with van der Waals surface area (Å²) in [4.78, 5) is 22.8. The van der Waals surface area contributed by atoms with Gasteiger partial charge in [0.05, 0.1) is 6.10 Å². The number of aliphatic carboxylic acids is 1. The lowest BCUT2D eigenvalue weighted by Crippen LogP contribution is -2.55. The molecule has 1 aliphatic heterocycles. The van der Waals surface area contributed by atoms with E-state index >= 15 is 0 Å². The maximum absolute atomic E-state index is 14.4. The molecule has 0 spiro atoms. The number of carbonyl (C=O) groups is 2. The van der Waals surface area contributed by atoms with Gasteiger partial charge in [0.15, 0.2) is 0 Å². The number of carboxylic acid groups (broad SMARTS) is 1. The highest BCUT2D eigenvalue weighted by Gasteiger charge is 2.59. The third kappa shape index (κ3) is 5.35. The van der Waals surface area contributed by atoms with Crippen molar-refractivity contribution in [3.05, 3.63) is 12.2 Å². The predicted molar refractivity (Wildman–Crippen MR) is 95.4 cm³/mol. The van der Waals surface area contributed by atoms with E-state index in [-0.39, 0.29) is 36.9 Å².